The molecule has 0 unspecified atom stereocenters. The number of aryl methyl sites for hydroxylation is 1. The van der Waals surface area contributed by atoms with Gasteiger partial charge in [-0.2, -0.15) is 13.2 Å². The van der Waals surface area contributed by atoms with E-state index < -0.39 is 17.2 Å². The van der Waals surface area contributed by atoms with Crippen molar-refractivity contribution in [1.82, 2.24) is 10.6 Å². The Hall–Kier alpha value is -2.74. The molecule has 2 bridgehead atoms. The maximum absolute atomic E-state index is 12.6. The van der Waals surface area contributed by atoms with E-state index in [1.807, 2.05) is 6.92 Å². The fourth-order valence-electron chi connectivity index (χ4n) is 4.53. The van der Waals surface area contributed by atoms with E-state index in [0.29, 0.717) is 35.6 Å². The number of hydrogen-bond donors (Lipinski definition) is 2. The van der Waals surface area contributed by atoms with Crippen molar-refractivity contribution in [2.75, 3.05) is 6.61 Å². The monoisotopic (exact) mass is 466 g/mol. The van der Waals surface area contributed by atoms with Gasteiger partial charge in [0, 0.05) is 17.1 Å². The van der Waals surface area contributed by atoms with E-state index in [1.54, 1.807) is 18.2 Å². The molecule has 0 atom stereocenters. The first-order valence-corrected chi connectivity index (χ1v) is 10.5. The third-order valence-corrected chi connectivity index (χ3v) is 6.57. The zero-order valence-corrected chi connectivity index (χ0v) is 18.1. The summed E-state index contributed by atoms with van der Waals surface area (Å²) in [5.74, 6) is 0.163. The second kappa shape index (κ2) is 7.99. The van der Waals surface area contributed by atoms with Gasteiger partial charge in [-0.05, 0) is 67.6 Å². The molecule has 32 heavy (non-hydrogen) atoms. The molecule has 0 aliphatic heterocycles. The van der Waals surface area contributed by atoms with Gasteiger partial charge in [0.2, 0.25) is 5.91 Å². The van der Waals surface area contributed by atoms with E-state index in [4.69, 9.17) is 16.3 Å². The number of rotatable bonds is 7. The Labute approximate surface area is 188 Å². The Morgan fingerprint density at radius 3 is 2.34 bits per heavy atom. The quantitative estimate of drug-likeness (QED) is 0.635. The topological polar surface area (TPSA) is 67.4 Å². The van der Waals surface area contributed by atoms with Crippen molar-refractivity contribution in [3.63, 3.8) is 0 Å². The van der Waals surface area contributed by atoms with Crippen LogP contribution in [-0.4, -0.2) is 24.0 Å². The summed E-state index contributed by atoms with van der Waals surface area (Å²) >= 11 is 5.97. The average Bonchev–Trinajstić information content (AvgIpc) is 2.68. The molecule has 3 aliphatic rings. The summed E-state index contributed by atoms with van der Waals surface area (Å²) in [4.78, 5) is 24.8. The van der Waals surface area contributed by atoms with Crippen molar-refractivity contribution in [3.05, 3.63) is 64.2 Å². The molecule has 170 valence electrons. The molecule has 2 aromatic carbocycles. The lowest BCUT2D eigenvalue weighted by molar-refractivity contribution is -0.184. The zero-order chi connectivity index (χ0) is 23.1. The first kappa shape index (κ1) is 22.5. The van der Waals surface area contributed by atoms with Gasteiger partial charge in [-0.15, -0.1) is 0 Å². The highest BCUT2D eigenvalue weighted by molar-refractivity contribution is 6.31. The summed E-state index contributed by atoms with van der Waals surface area (Å²) in [7, 11) is 0. The molecule has 0 spiro atoms. The zero-order valence-electron chi connectivity index (χ0n) is 17.3. The Kier molecular flexibility index (Phi) is 5.61. The first-order valence-electron chi connectivity index (χ1n) is 10.1. The fraction of sp³-hybridized carbons (Fsp3) is 0.391. The predicted octanol–water partition coefficient (Wildman–Crippen LogP) is 4.40. The standard InChI is InChI=1S/C23H22ClF3N2O3/c1-14-8-17(6-7-18(14)24)32-10-19(30)29-22-11-21(12-22,13-22)20(31)28-9-15-2-4-16(5-3-15)23(25,26)27/h2-8H,9-13H2,1H3,(H,28,31)(H,29,30). The number of nitrogens with one attached hydrogen (secondary N) is 2. The largest absolute Gasteiger partial charge is 0.484 e. The maximum Gasteiger partial charge on any atom is 0.416 e. The van der Waals surface area contributed by atoms with E-state index in [1.165, 1.54) is 12.1 Å². The van der Waals surface area contributed by atoms with Crippen molar-refractivity contribution in [2.24, 2.45) is 5.41 Å². The predicted molar refractivity (Wildman–Crippen MR) is 112 cm³/mol. The molecule has 3 aliphatic carbocycles. The summed E-state index contributed by atoms with van der Waals surface area (Å²) in [6.07, 6.45) is -2.74. The molecule has 2 aromatic rings. The molecule has 0 radical (unpaired) electrons. The summed E-state index contributed by atoms with van der Waals surface area (Å²) in [6.45, 7) is 1.88. The van der Waals surface area contributed by atoms with Crippen LogP contribution < -0.4 is 15.4 Å². The van der Waals surface area contributed by atoms with Gasteiger partial charge >= 0.3 is 6.18 Å². The SMILES string of the molecule is Cc1cc(OCC(=O)NC23CC(C(=O)NCc4ccc(C(F)(F)F)cc4)(C2)C3)ccc1Cl. The van der Waals surface area contributed by atoms with Crippen molar-refractivity contribution in [3.8, 4) is 5.75 Å². The van der Waals surface area contributed by atoms with Crippen molar-refractivity contribution < 1.29 is 27.5 Å². The average molecular weight is 467 g/mol. The van der Waals surface area contributed by atoms with Crippen LogP contribution in [0.4, 0.5) is 13.2 Å². The molecule has 5 rings (SSSR count). The highest BCUT2D eigenvalue weighted by atomic mass is 35.5. The van der Waals surface area contributed by atoms with Gasteiger partial charge in [-0.3, -0.25) is 9.59 Å². The third kappa shape index (κ3) is 4.41. The van der Waals surface area contributed by atoms with Crippen molar-refractivity contribution >= 4 is 23.4 Å². The molecule has 3 saturated carbocycles. The van der Waals surface area contributed by atoms with Crippen LogP contribution in [0.1, 0.15) is 36.0 Å². The van der Waals surface area contributed by atoms with Gasteiger partial charge in [0.05, 0.1) is 11.0 Å². The van der Waals surface area contributed by atoms with Crippen LogP contribution in [0.2, 0.25) is 5.02 Å². The molecule has 3 fully saturated rings. The summed E-state index contributed by atoms with van der Waals surface area (Å²) in [5.41, 5.74) is -0.154. The van der Waals surface area contributed by atoms with Gasteiger partial charge in [0.15, 0.2) is 6.61 Å². The molecular weight excluding hydrogens is 445 g/mol. The normalized spacial score (nSPS) is 23.5. The van der Waals surface area contributed by atoms with Crippen LogP contribution in [0.3, 0.4) is 0 Å². The minimum absolute atomic E-state index is 0.129. The Morgan fingerprint density at radius 1 is 1.09 bits per heavy atom. The van der Waals surface area contributed by atoms with E-state index in [9.17, 15) is 22.8 Å². The lowest BCUT2D eigenvalue weighted by Crippen LogP contribution is -2.78. The van der Waals surface area contributed by atoms with Crippen molar-refractivity contribution in [1.29, 1.82) is 0 Å². The lowest BCUT2D eigenvalue weighted by Gasteiger charge is -2.69. The van der Waals surface area contributed by atoms with E-state index in [0.717, 1.165) is 17.7 Å². The van der Waals surface area contributed by atoms with E-state index >= 15 is 0 Å². The fourth-order valence-corrected chi connectivity index (χ4v) is 4.65. The lowest BCUT2D eigenvalue weighted by atomic mass is 9.39. The highest BCUT2D eigenvalue weighted by Gasteiger charge is 2.72. The Balaban J connectivity index is 1.20. The summed E-state index contributed by atoms with van der Waals surface area (Å²) in [5, 5.41) is 6.37. The number of alkyl halides is 3. The molecule has 2 N–H and O–H groups in total. The smallest absolute Gasteiger partial charge is 0.416 e. The van der Waals surface area contributed by atoms with Gasteiger partial charge in [0.1, 0.15) is 5.75 Å². The van der Waals surface area contributed by atoms with Crippen LogP contribution in [0.25, 0.3) is 0 Å². The second-order valence-electron chi connectivity index (χ2n) is 8.72. The number of amides is 2. The molecule has 2 amide bonds. The Bertz CT molecular complexity index is 1030. The number of benzene rings is 2. The number of carbonyl (C=O) groups excluding carboxylic acids is 2. The van der Waals surface area contributed by atoms with Crippen LogP contribution in [0, 0.1) is 12.3 Å². The van der Waals surface area contributed by atoms with E-state index in [-0.39, 0.29) is 30.5 Å². The summed E-state index contributed by atoms with van der Waals surface area (Å²) < 4.78 is 43.4. The minimum Gasteiger partial charge on any atom is -0.484 e. The second-order valence-corrected chi connectivity index (χ2v) is 9.12. The molecule has 0 saturated heterocycles. The van der Waals surface area contributed by atoms with Crippen molar-refractivity contribution in [2.45, 2.75) is 44.4 Å². The third-order valence-electron chi connectivity index (χ3n) is 6.15. The molecule has 9 heteroatoms. The van der Waals surface area contributed by atoms with Gasteiger partial charge in [-0.1, -0.05) is 23.7 Å². The van der Waals surface area contributed by atoms with Gasteiger partial charge in [-0.25, -0.2) is 0 Å². The molecular formula is C23H22ClF3N2O3. The Morgan fingerprint density at radius 2 is 1.75 bits per heavy atom. The van der Waals surface area contributed by atoms with Gasteiger partial charge in [0.25, 0.3) is 5.91 Å². The van der Waals surface area contributed by atoms with E-state index in [2.05, 4.69) is 10.6 Å². The number of ether oxygens (including phenoxy) is 1. The number of carbonyl (C=O) groups is 2. The molecule has 0 heterocycles. The maximum atomic E-state index is 12.6. The van der Waals surface area contributed by atoms with Gasteiger partial charge < -0.3 is 15.4 Å². The first-order chi connectivity index (χ1) is 15.0. The summed E-state index contributed by atoms with van der Waals surface area (Å²) in [6, 6.07) is 9.87. The van der Waals surface area contributed by atoms with Crippen LogP contribution in [0.15, 0.2) is 42.5 Å². The highest BCUT2D eigenvalue weighted by Crippen LogP contribution is 2.67. The van der Waals surface area contributed by atoms with Crippen LogP contribution in [0.5, 0.6) is 5.75 Å². The number of hydrogen-bond acceptors (Lipinski definition) is 3. The molecule has 5 nitrogen and oxygen atoms in total. The van der Waals surface area contributed by atoms with Crippen LogP contribution in [-0.2, 0) is 22.3 Å². The van der Waals surface area contributed by atoms with Crippen LogP contribution >= 0.6 is 11.6 Å². The number of halogens is 4. The minimum atomic E-state index is -4.38. The molecule has 0 aromatic heterocycles.